The first-order valence-corrected chi connectivity index (χ1v) is 9.91. The fourth-order valence-electron chi connectivity index (χ4n) is 3.93. The molecule has 24 heavy (non-hydrogen) atoms. The van der Waals surface area contributed by atoms with Gasteiger partial charge in [0.25, 0.3) is 5.91 Å². The molecule has 132 valence electrons. The summed E-state index contributed by atoms with van der Waals surface area (Å²) in [5, 5.41) is 5.91. The predicted molar refractivity (Wildman–Crippen MR) is 93.6 cm³/mol. The molecule has 2 aliphatic carbocycles. The van der Waals surface area contributed by atoms with Crippen LogP contribution in [-0.4, -0.2) is 35.0 Å². The molecule has 6 nitrogen and oxygen atoms in total. The first kappa shape index (κ1) is 17.2. The highest BCUT2D eigenvalue weighted by molar-refractivity contribution is 7.89. The molecule has 0 heterocycles. The standard InChI is InChI=1S/C17H25N3O3S/c1-18-16(21)14-8-13(24(22,23)19-2)4-5-15(14)20-11-12-9-17(10-12)6-3-7-17/h4-5,8,12,19-20H,3,6-7,9-11H2,1-2H3,(H,18,21). The van der Waals surface area contributed by atoms with Crippen LogP contribution in [0.25, 0.3) is 0 Å². The fourth-order valence-corrected chi connectivity index (χ4v) is 4.69. The maximum atomic E-state index is 12.1. The average molecular weight is 351 g/mol. The van der Waals surface area contributed by atoms with E-state index in [-0.39, 0.29) is 10.8 Å². The molecule has 0 saturated heterocycles. The summed E-state index contributed by atoms with van der Waals surface area (Å²) in [7, 11) is -0.679. The minimum Gasteiger partial charge on any atom is -0.384 e. The number of hydrogen-bond donors (Lipinski definition) is 3. The lowest BCUT2D eigenvalue weighted by atomic mass is 9.52. The van der Waals surface area contributed by atoms with E-state index in [1.54, 1.807) is 6.07 Å². The summed E-state index contributed by atoms with van der Waals surface area (Å²) in [6, 6.07) is 4.61. The quantitative estimate of drug-likeness (QED) is 0.731. The van der Waals surface area contributed by atoms with Crippen molar-refractivity contribution in [2.45, 2.75) is 37.0 Å². The van der Waals surface area contributed by atoms with E-state index in [2.05, 4.69) is 15.4 Å². The minimum absolute atomic E-state index is 0.0891. The fraction of sp³-hybridized carbons (Fsp3) is 0.588. The van der Waals surface area contributed by atoms with Crippen LogP contribution in [0.2, 0.25) is 0 Å². The van der Waals surface area contributed by atoms with Crippen molar-refractivity contribution in [1.29, 1.82) is 0 Å². The Morgan fingerprint density at radius 2 is 1.96 bits per heavy atom. The molecule has 7 heteroatoms. The molecule has 1 aromatic rings. The molecule has 0 aromatic heterocycles. The Morgan fingerprint density at radius 1 is 1.25 bits per heavy atom. The maximum absolute atomic E-state index is 12.1. The van der Waals surface area contributed by atoms with Crippen molar-refractivity contribution in [2.75, 3.05) is 26.0 Å². The van der Waals surface area contributed by atoms with E-state index in [0.29, 0.717) is 22.6 Å². The van der Waals surface area contributed by atoms with Crippen molar-refractivity contribution in [3.63, 3.8) is 0 Å². The highest BCUT2D eigenvalue weighted by Gasteiger charge is 2.47. The largest absolute Gasteiger partial charge is 0.384 e. The third kappa shape index (κ3) is 3.15. The zero-order valence-corrected chi connectivity index (χ0v) is 15.0. The van der Waals surface area contributed by atoms with Gasteiger partial charge in [0, 0.05) is 19.3 Å². The lowest BCUT2D eigenvalue weighted by molar-refractivity contribution is -0.0185. The summed E-state index contributed by atoms with van der Waals surface area (Å²) in [6.07, 6.45) is 6.62. The smallest absolute Gasteiger partial charge is 0.253 e. The van der Waals surface area contributed by atoms with Crippen molar-refractivity contribution in [2.24, 2.45) is 11.3 Å². The first-order valence-electron chi connectivity index (χ1n) is 8.43. The van der Waals surface area contributed by atoms with Gasteiger partial charge in [0.15, 0.2) is 0 Å². The lowest BCUT2D eigenvalue weighted by Gasteiger charge is -2.54. The Balaban J connectivity index is 1.73. The molecular weight excluding hydrogens is 326 g/mol. The number of sulfonamides is 1. The Bertz CT molecular complexity index is 733. The van der Waals surface area contributed by atoms with Gasteiger partial charge in [-0.3, -0.25) is 4.79 Å². The number of rotatable bonds is 6. The van der Waals surface area contributed by atoms with Crippen LogP contribution in [0.5, 0.6) is 0 Å². The topological polar surface area (TPSA) is 87.3 Å². The minimum atomic E-state index is -3.57. The van der Waals surface area contributed by atoms with Crippen LogP contribution in [0, 0.1) is 11.3 Å². The highest BCUT2D eigenvalue weighted by atomic mass is 32.2. The average Bonchev–Trinajstić information content (AvgIpc) is 2.51. The molecule has 0 bridgehead atoms. The van der Waals surface area contributed by atoms with Gasteiger partial charge in [0.2, 0.25) is 10.0 Å². The predicted octanol–water partition coefficient (Wildman–Crippen LogP) is 1.95. The molecule has 3 rings (SSSR count). The van der Waals surface area contributed by atoms with Crippen LogP contribution in [0.4, 0.5) is 5.69 Å². The van der Waals surface area contributed by atoms with E-state index in [1.807, 2.05) is 0 Å². The monoisotopic (exact) mass is 351 g/mol. The second kappa shape index (κ2) is 6.37. The van der Waals surface area contributed by atoms with Crippen LogP contribution >= 0.6 is 0 Å². The molecule has 0 radical (unpaired) electrons. The van der Waals surface area contributed by atoms with Gasteiger partial charge < -0.3 is 10.6 Å². The van der Waals surface area contributed by atoms with Crippen molar-refractivity contribution in [1.82, 2.24) is 10.0 Å². The second-order valence-electron chi connectivity index (χ2n) is 7.00. The van der Waals surface area contributed by atoms with E-state index in [1.165, 1.54) is 58.3 Å². The molecular formula is C17H25N3O3S. The van der Waals surface area contributed by atoms with E-state index in [9.17, 15) is 13.2 Å². The van der Waals surface area contributed by atoms with E-state index >= 15 is 0 Å². The summed E-state index contributed by atoms with van der Waals surface area (Å²) in [6.45, 7) is 0.823. The number of carbonyl (C=O) groups excluding carboxylic acids is 1. The molecule has 1 amide bonds. The number of hydrogen-bond acceptors (Lipinski definition) is 4. The van der Waals surface area contributed by atoms with Crippen LogP contribution < -0.4 is 15.4 Å². The summed E-state index contributed by atoms with van der Waals surface area (Å²) in [4.78, 5) is 12.2. The van der Waals surface area contributed by atoms with Gasteiger partial charge in [-0.15, -0.1) is 0 Å². The summed E-state index contributed by atoms with van der Waals surface area (Å²) in [5.41, 5.74) is 1.66. The number of amides is 1. The Kier molecular flexibility index (Phi) is 4.57. The number of anilines is 1. The third-order valence-electron chi connectivity index (χ3n) is 5.48. The van der Waals surface area contributed by atoms with Gasteiger partial charge in [-0.25, -0.2) is 13.1 Å². The van der Waals surface area contributed by atoms with Gasteiger partial charge >= 0.3 is 0 Å². The second-order valence-corrected chi connectivity index (χ2v) is 8.89. The number of nitrogens with one attached hydrogen (secondary N) is 3. The Labute approximate surface area is 143 Å². The molecule has 2 aliphatic rings. The third-order valence-corrected chi connectivity index (χ3v) is 6.89. The van der Waals surface area contributed by atoms with E-state index in [4.69, 9.17) is 0 Å². The van der Waals surface area contributed by atoms with E-state index < -0.39 is 10.0 Å². The Morgan fingerprint density at radius 3 is 2.50 bits per heavy atom. The summed E-state index contributed by atoms with van der Waals surface area (Å²) >= 11 is 0. The molecule has 0 unspecified atom stereocenters. The van der Waals surface area contributed by atoms with Crippen LogP contribution in [0.3, 0.4) is 0 Å². The zero-order chi connectivity index (χ0) is 17.4. The maximum Gasteiger partial charge on any atom is 0.253 e. The van der Waals surface area contributed by atoms with Crippen molar-refractivity contribution in [3.05, 3.63) is 23.8 Å². The normalized spacial score (nSPS) is 19.4. The van der Waals surface area contributed by atoms with Gasteiger partial charge in [-0.1, -0.05) is 6.42 Å². The molecule has 3 N–H and O–H groups in total. The van der Waals surface area contributed by atoms with Crippen LogP contribution in [0.1, 0.15) is 42.5 Å². The van der Waals surface area contributed by atoms with Crippen LogP contribution in [-0.2, 0) is 10.0 Å². The number of carbonyl (C=O) groups is 1. The highest BCUT2D eigenvalue weighted by Crippen LogP contribution is 2.58. The van der Waals surface area contributed by atoms with Crippen molar-refractivity contribution < 1.29 is 13.2 Å². The van der Waals surface area contributed by atoms with Crippen LogP contribution in [0.15, 0.2) is 23.1 Å². The zero-order valence-electron chi connectivity index (χ0n) is 14.2. The molecule has 0 aliphatic heterocycles. The first-order chi connectivity index (χ1) is 11.4. The Hall–Kier alpha value is -1.60. The van der Waals surface area contributed by atoms with Gasteiger partial charge in [0.05, 0.1) is 10.5 Å². The molecule has 1 aromatic carbocycles. The van der Waals surface area contributed by atoms with Crippen molar-refractivity contribution >= 4 is 21.6 Å². The SMILES string of the molecule is CNC(=O)c1cc(S(=O)(=O)NC)ccc1NCC1CC2(CCC2)C1. The van der Waals surface area contributed by atoms with Gasteiger partial charge in [-0.05, 0) is 62.3 Å². The summed E-state index contributed by atoms with van der Waals surface area (Å²) < 4.78 is 26.2. The molecule has 2 fully saturated rings. The number of benzene rings is 1. The molecule has 2 saturated carbocycles. The lowest BCUT2D eigenvalue weighted by Crippen LogP contribution is -2.45. The molecule has 1 spiro atoms. The van der Waals surface area contributed by atoms with Gasteiger partial charge in [0.1, 0.15) is 0 Å². The summed E-state index contributed by atoms with van der Waals surface area (Å²) in [5.74, 6) is 0.346. The van der Waals surface area contributed by atoms with Gasteiger partial charge in [-0.2, -0.15) is 0 Å². The van der Waals surface area contributed by atoms with Crippen molar-refractivity contribution in [3.8, 4) is 0 Å². The molecule has 0 atom stereocenters. The van der Waals surface area contributed by atoms with E-state index in [0.717, 1.165) is 6.54 Å².